The first kappa shape index (κ1) is 20.2. The Labute approximate surface area is 173 Å². The highest BCUT2D eigenvalue weighted by Crippen LogP contribution is 2.31. The Morgan fingerprint density at radius 2 is 1.93 bits per heavy atom. The fourth-order valence-electron chi connectivity index (χ4n) is 4.09. The molecule has 2 heterocycles. The third-order valence-electron chi connectivity index (χ3n) is 5.71. The minimum Gasteiger partial charge on any atom is -0.361 e. The van der Waals surface area contributed by atoms with Crippen LogP contribution in [0.2, 0.25) is 0 Å². The van der Waals surface area contributed by atoms with Gasteiger partial charge >= 0.3 is 0 Å². The van der Waals surface area contributed by atoms with Crippen molar-refractivity contribution in [1.82, 2.24) is 14.8 Å². The molecule has 0 spiro atoms. The highest BCUT2D eigenvalue weighted by molar-refractivity contribution is 5.93. The topological polar surface area (TPSA) is 59.8 Å². The number of benzene rings is 1. The van der Waals surface area contributed by atoms with Crippen molar-refractivity contribution in [1.29, 1.82) is 0 Å². The molecule has 1 aliphatic rings. The van der Waals surface area contributed by atoms with Gasteiger partial charge in [0.2, 0.25) is 0 Å². The van der Waals surface area contributed by atoms with Gasteiger partial charge in [-0.25, -0.2) is 8.78 Å². The van der Waals surface area contributed by atoms with Crippen molar-refractivity contribution in [2.75, 3.05) is 5.32 Å². The van der Waals surface area contributed by atoms with Gasteiger partial charge in [-0.2, -0.15) is 5.10 Å². The van der Waals surface area contributed by atoms with Crippen molar-refractivity contribution in [2.45, 2.75) is 45.6 Å². The summed E-state index contributed by atoms with van der Waals surface area (Å²) in [5.41, 5.74) is 3.80. The van der Waals surface area contributed by atoms with Crippen LogP contribution in [0.3, 0.4) is 0 Å². The van der Waals surface area contributed by atoms with E-state index in [2.05, 4.69) is 21.6 Å². The fourth-order valence-corrected chi connectivity index (χ4v) is 4.09. The number of hydrogen-bond donors (Lipinski definition) is 1. The molecule has 0 amide bonds. The molecule has 1 aliphatic carbocycles. The van der Waals surface area contributed by atoms with Crippen molar-refractivity contribution < 1.29 is 8.78 Å². The monoisotopic (exact) mass is 410 g/mol. The molecule has 1 atom stereocenters. The first-order valence-electron chi connectivity index (χ1n) is 10.1. The lowest BCUT2D eigenvalue weighted by atomic mass is 10.0. The Morgan fingerprint density at radius 1 is 1.17 bits per heavy atom. The number of aryl methyl sites for hydroxylation is 2. The molecule has 0 saturated heterocycles. The van der Waals surface area contributed by atoms with Crippen molar-refractivity contribution in [3.05, 3.63) is 69.1 Å². The number of nitrogens with zero attached hydrogens (tertiary/aromatic N) is 3. The lowest BCUT2D eigenvalue weighted by Gasteiger charge is -2.19. The van der Waals surface area contributed by atoms with Gasteiger partial charge < -0.3 is 9.88 Å². The number of allylic oxidation sites excluding steroid dienone is 2. The molecule has 156 valence electrons. The van der Waals surface area contributed by atoms with Gasteiger partial charge in [-0.3, -0.25) is 4.79 Å². The van der Waals surface area contributed by atoms with Crippen LogP contribution < -0.4 is 10.9 Å². The Bertz CT molecular complexity index is 1200. The van der Waals surface area contributed by atoms with Crippen LogP contribution in [0, 0.1) is 6.92 Å². The predicted octanol–water partition coefficient (Wildman–Crippen LogP) is 5.31. The van der Waals surface area contributed by atoms with E-state index in [0.29, 0.717) is 22.6 Å². The maximum Gasteiger partial charge on any atom is 0.263 e. The summed E-state index contributed by atoms with van der Waals surface area (Å²) in [7, 11) is 1.75. The number of halogens is 2. The summed E-state index contributed by atoms with van der Waals surface area (Å²) in [6.07, 6.45) is 2.52. The standard InChI is InChI=1S/C23H24F2N4O/c1-13(16-9-6-10-17(11-16)21(24)25)26-22-19-12-18(15-7-4-5-8-15)23(30)29(3)20(19)14(2)27-28-22/h6-7,9-13,21H,4-5,8H2,1-3H3,(H,26,28). The molecule has 0 saturated carbocycles. The quantitative estimate of drug-likeness (QED) is 0.619. The number of fused-ring (bicyclic) bond motifs is 1. The van der Waals surface area contributed by atoms with Gasteiger partial charge in [-0.05, 0) is 56.4 Å². The Balaban J connectivity index is 1.80. The molecule has 4 rings (SSSR count). The van der Waals surface area contributed by atoms with Gasteiger partial charge in [0, 0.05) is 23.6 Å². The van der Waals surface area contributed by atoms with Crippen LogP contribution in [0.1, 0.15) is 61.0 Å². The van der Waals surface area contributed by atoms with E-state index >= 15 is 0 Å². The minimum atomic E-state index is -2.52. The Hall–Kier alpha value is -3.09. The van der Waals surface area contributed by atoms with Crippen molar-refractivity contribution in [2.24, 2.45) is 7.05 Å². The van der Waals surface area contributed by atoms with Crippen LogP contribution in [-0.2, 0) is 7.05 Å². The summed E-state index contributed by atoms with van der Waals surface area (Å²) < 4.78 is 27.8. The van der Waals surface area contributed by atoms with Crippen LogP contribution in [0.4, 0.5) is 14.6 Å². The number of hydrogen-bond acceptors (Lipinski definition) is 4. The highest BCUT2D eigenvalue weighted by atomic mass is 19.3. The molecule has 0 fully saturated rings. The zero-order chi connectivity index (χ0) is 21.4. The Kier molecular flexibility index (Phi) is 5.37. The van der Waals surface area contributed by atoms with E-state index in [0.717, 1.165) is 35.8 Å². The molecular formula is C23H24F2N4O. The number of anilines is 1. The number of nitrogens with one attached hydrogen (secondary N) is 1. The van der Waals surface area contributed by atoms with E-state index in [9.17, 15) is 13.6 Å². The zero-order valence-electron chi connectivity index (χ0n) is 17.2. The maximum atomic E-state index is 13.1. The summed E-state index contributed by atoms with van der Waals surface area (Å²) in [5, 5.41) is 12.6. The van der Waals surface area contributed by atoms with E-state index in [1.807, 2.05) is 19.9 Å². The van der Waals surface area contributed by atoms with E-state index < -0.39 is 6.43 Å². The summed E-state index contributed by atoms with van der Waals surface area (Å²) in [6.45, 7) is 3.71. The summed E-state index contributed by atoms with van der Waals surface area (Å²) in [6, 6.07) is 7.97. The number of rotatable bonds is 5. The van der Waals surface area contributed by atoms with Gasteiger partial charge in [-0.15, -0.1) is 5.10 Å². The first-order valence-corrected chi connectivity index (χ1v) is 10.1. The van der Waals surface area contributed by atoms with Crippen LogP contribution in [0.5, 0.6) is 0 Å². The van der Waals surface area contributed by atoms with Crippen molar-refractivity contribution >= 4 is 22.3 Å². The number of pyridine rings is 1. The van der Waals surface area contributed by atoms with E-state index in [1.165, 1.54) is 12.1 Å². The summed E-state index contributed by atoms with van der Waals surface area (Å²) in [5.74, 6) is 0.529. The molecule has 2 aromatic heterocycles. The minimum absolute atomic E-state index is 0.0150. The van der Waals surface area contributed by atoms with Crippen LogP contribution >= 0.6 is 0 Å². The van der Waals surface area contributed by atoms with Gasteiger partial charge in [-0.1, -0.05) is 24.3 Å². The highest BCUT2D eigenvalue weighted by Gasteiger charge is 2.19. The molecule has 1 unspecified atom stereocenters. The molecule has 1 N–H and O–H groups in total. The Morgan fingerprint density at radius 3 is 2.63 bits per heavy atom. The van der Waals surface area contributed by atoms with E-state index in [1.54, 1.807) is 23.7 Å². The largest absolute Gasteiger partial charge is 0.361 e. The van der Waals surface area contributed by atoms with Crippen LogP contribution in [0.15, 0.2) is 41.2 Å². The second-order valence-electron chi connectivity index (χ2n) is 7.78. The molecule has 3 aromatic rings. The molecule has 5 nitrogen and oxygen atoms in total. The smallest absolute Gasteiger partial charge is 0.263 e. The van der Waals surface area contributed by atoms with Gasteiger partial charge in [0.25, 0.3) is 12.0 Å². The molecule has 30 heavy (non-hydrogen) atoms. The molecular weight excluding hydrogens is 386 g/mol. The summed E-state index contributed by atoms with van der Waals surface area (Å²) >= 11 is 0. The van der Waals surface area contributed by atoms with Crippen LogP contribution in [0.25, 0.3) is 16.5 Å². The SMILES string of the molecule is Cc1nnc(NC(C)c2cccc(C(F)F)c2)c2cc(C3=CCCC3)c(=O)n(C)c12. The second kappa shape index (κ2) is 7.97. The second-order valence-corrected chi connectivity index (χ2v) is 7.78. The normalized spacial score (nSPS) is 14.9. The van der Waals surface area contributed by atoms with Crippen molar-refractivity contribution in [3.63, 3.8) is 0 Å². The lowest BCUT2D eigenvalue weighted by Crippen LogP contribution is -2.22. The van der Waals surface area contributed by atoms with Crippen LogP contribution in [-0.4, -0.2) is 14.8 Å². The average Bonchev–Trinajstić information content (AvgIpc) is 3.27. The zero-order valence-corrected chi connectivity index (χ0v) is 17.2. The van der Waals surface area contributed by atoms with Gasteiger partial charge in [0.1, 0.15) is 0 Å². The van der Waals surface area contributed by atoms with Crippen molar-refractivity contribution in [3.8, 4) is 0 Å². The van der Waals surface area contributed by atoms with E-state index in [4.69, 9.17) is 0 Å². The molecule has 0 bridgehead atoms. The maximum absolute atomic E-state index is 13.1. The number of aromatic nitrogens is 3. The molecule has 0 radical (unpaired) electrons. The molecule has 0 aliphatic heterocycles. The average molecular weight is 410 g/mol. The lowest BCUT2D eigenvalue weighted by molar-refractivity contribution is 0.151. The van der Waals surface area contributed by atoms with Gasteiger partial charge in [0.15, 0.2) is 5.82 Å². The predicted molar refractivity (Wildman–Crippen MR) is 115 cm³/mol. The molecule has 7 heteroatoms. The fraction of sp³-hybridized carbons (Fsp3) is 0.348. The third kappa shape index (κ3) is 3.60. The first-order chi connectivity index (χ1) is 14.4. The summed E-state index contributed by atoms with van der Waals surface area (Å²) in [4.78, 5) is 13.0. The third-order valence-corrected chi connectivity index (χ3v) is 5.71. The molecule has 1 aromatic carbocycles. The van der Waals surface area contributed by atoms with Gasteiger partial charge in [0.05, 0.1) is 17.3 Å². The van der Waals surface area contributed by atoms with E-state index in [-0.39, 0.29) is 17.2 Å². The number of alkyl halides is 2.